The summed E-state index contributed by atoms with van der Waals surface area (Å²) in [5.41, 5.74) is -2.88. The lowest BCUT2D eigenvalue weighted by molar-refractivity contribution is -0.275. The first-order valence-corrected chi connectivity index (χ1v) is 28.7. The van der Waals surface area contributed by atoms with Gasteiger partial charge in [-0.1, -0.05) is 65.0 Å². The summed E-state index contributed by atoms with van der Waals surface area (Å²) in [5.74, 6) is -4.50. The molecule has 0 saturated carbocycles. The van der Waals surface area contributed by atoms with Crippen LogP contribution in [-0.2, 0) is 72.8 Å². The summed E-state index contributed by atoms with van der Waals surface area (Å²) in [4.78, 5) is 101. The van der Waals surface area contributed by atoms with Crippen LogP contribution in [0.2, 0.25) is 18.1 Å². The normalized spacial score (nSPS) is 26.3. The van der Waals surface area contributed by atoms with Crippen LogP contribution in [0.25, 0.3) is 0 Å². The lowest BCUT2D eigenvalue weighted by Gasteiger charge is -2.41. The van der Waals surface area contributed by atoms with Crippen molar-refractivity contribution in [2.75, 3.05) is 13.6 Å². The van der Waals surface area contributed by atoms with Crippen LogP contribution in [0.3, 0.4) is 0 Å². The van der Waals surface area contributed by atoms with E-state index in [1.54, 1.807) is 85.7 Å². The number of carbonyl (C=O) groups excluding carboxylic acids is 5. The number of aromatic amines is 1. The fraction of sp³-hybridized carbons (Fsp3) is 0.712. The van der Waals surface area contributed by atoms with Gasteiger partial charge >= 0.3 is 23.8 Å². The Morgan fingerprint density at radius 3 is 2.03 bits per heavy atom. The lowest BCUT2D eigenvalue weighted by Crippen LogP contribution is -2.64. The van der Waals surface area contributed by atoms with Crippen LogP contribution in [0.5, 0.6) is 0 Å². The topological polar surface area (TPSA) is 269 Å². The number of amides is 3. The summed E-state index contributed by atoms with van der Waals surface area (Å²) in [6, 6.07) is 7.93. The molecule has 4 saturated heterocycles. The smallest absolute Gasteiger partial charge is 0.408 e. The minimum Gasteiger partial charge on any atom is -0.458 e. The minimum absolute atomic E-state index is 0.154. The second kappa shape index (κ2) is 24.3. The Hall–Kier alpha value is -5.05. The van der Waals surface area contributed by atoms with Crippen molar-refractivity contribution < 1.29 is 75.8 Å². The summed E-state index contributed by atoms with van der Waals surface area (Å²) in [7, 11) is -1.45. The second-order valence-electron chi connectivity index (χ2n) is 22.0. The van der Waals surface area contributed by atoms with Crippen molar-refractivity contribution in [1.29, 1.82) is 0 Å². The summed E-state index contributed by atoms with van der Waals surface area (Å²) in [6.45, 7) is 22.5. The average Bonchev–Trinajstić information content (AvgIpc) is 4.09. The number of fused-ring (bicyclic) bond motifs is 2. The highest BCUT2D eigenvalue weighted by Gasteiger charge is 2.64. The highest BCUT2D eigenvalue weighted by atomic mass is 28.4. The van der Waals surface area contributed by atoms with Crippen LogP contribution in [0.1, 0.15) is 115 Å². The predicted octanol–water partition coefficient (Wildman–Crippen LogP) is 4.94. The average molecular weight is 1090 g/mol. The van der Waals surface area contributed by atoms with Crippen LogP contribution >= 0.6 is 0 Å². The van der Waals surface area contributed by atoms with Crippen molar-refractivity contribution in [3.05, 3.63) is 69.0 Å². The zero-order valence-corrected chi connectivity index (χ0v) is 47.2. The molecule has 2 aromatic rings. The molecule has 4 fully saturated rings. The highest BCUT2D eigenvalue weighted by molar-refractivity contribution is 6.73. The molecule has 24 heteroatoms. The van der Waals surface area contributed by atoms with Crippen LogP contribution in [0.15, 0.2) is 52.2 Å². The summed E-state index contributed by atoms with van der Waals surface area (Å²) in [6.07, 6.45) is -12.3. The molecule has 0 unspecified atom stereocenters. The van der Waals surface area contributed by atoms with Crippen molar-refractivity contribution >= 4 is 38.7 Å². The first-order chi connectivity index (χ1) is 35.6. The van der Waals surface area contributed by atoms with Crippen molar-refractivity contribution in [1.82, 2.24) is 25.1 Å². The molecule has 0 bridgehead atoms. The quantitative estimate of drug-likeness (QED) is 0.0610. The maximum Gasteiger partial charge on any atom is 0.408 e. The number of benzene rings is 1. The fourth-order valence-corrected chi connectivity index (χ4v) is 12.7. The molecule has 4 aliphatic rings. The van der Waals surface area contributed by atoms with Crippen molar-refractivity contribution in [3.8, 4) is 0 Å². The Bertz CT molecular complexity index is 2440. The molecule has 12 atom stereocenters. The third-order valence-corrected chi connectivity index (χ3v) is 18.6. The molecule has 0 spiro atoms. The highest BCUT2D eigenvalue weighted by Crippen LogP contribution is 2.47. The number of nitrogens with zero attached hydrogens (tertiary/aromatic N) is 2. The number of hydrogen-bond donors (Lipinski definition) is 3. The van der Waals surface area contributed by atoms with Gasteiger partial charge in [0, 0.05) is 25.9 Å². The third kappa shape index (κ3) is 14.2. The van der Waals surface area contributed by atoms with Gasteiger partial charge in [-0.25, -0.2) is 19.2 Å². The first kappa shape index (κ1) is 60.2. The van der Waals surface area contributed by atoms with Gasteiger partial charge in [-0.3, -0.25) is 19.1 Å². The lowest BCUT2D eigenvalue weighted by atomic mass is 9.97. The molecule has 3 amide bonds. The maximum absolute atomic E-state index is 16.0. The number of H-pyrrole nitrogens is 1. The van der Waals surface area contributed by atoms with E-state index in [9.17, 15) is 28.8 Å². The molecule has 1 aromatic heterocycles. The molecule has 5 heterocycles. The van der Waals surface area contributed by atoms with Gasteiger partial charge in [-0.15, -0.1) is 0 Å². The first-order valence-electron chi connectivity index (χ1n) is 26.2. The molecule has 1 aromatic carbocycles. The molecular weight excluding hydrogens is 1010 g/mol. The van der Waals surface area contributed by atoms with Crippen molar-refractivity contribution in [3.63, 3.8) is 0 Å². The fourth-order valence-electron chi connectivity index (χ4n) is 9.93. The number of rotatable bonds is 22. The van der Waals surface area contributed by atoms with Gasteiger partial charge in [-0.2, -0.15) is 0 Å². The van der Waals surface area contributed by atoms with E-state index >= 15 is 4.79 Å². The van der Waals surface area contributed by atoms with E-state index in [1.165, 1.54) is 13.2 Å². The number of hydrogen-bond acceptors (Lipinski definition) is 18. The number of aldehydes is 1. The van der Waals surface area contributed by atoms with Gasteiger partial charge in [0.1, 0.15) is 79.0 Å². The third-order valence-electron chi connectivity index (χ3n) is 14.0. The summed E-state index contributed by atoms with van der Waals surface area (Å²) in [5, 5.41) is 5.44. The Kier molecular flexibility index (Phi) is 19.3. The minimum atomic E-state index is -2.72. The Labute approximate surface area is 444 Å². The number of ether oxygens (including phenoxy) is 10. The van der Waals surface area contributed by atoms with Gasteiger partial charge in [-0.05, 0) is 91.9 Å². The standard InChI is InChI=1S/C52H79N5O18Si/c1-15-52(16-2)71-36-31(27-53-47(63)74-50(9,10)11)66-45(41(36)72-52)68-37(38-39-40(70-51(12,13)69-39)43(67-38)57-26-25-33(59)54-46(57)62)34(55-48(64)65-29-30-23-21-20-22-24-30)42(60)56(14)35(44(61)73-49(6,7)8)32(28-58)75-76(17-3,18-4)19-5/h20-26,28,31-32,34-41,43,45H,15-19,27,29H2,1-14H3,(H,53,63)(H,55,64)(H,54,59,62)/t31-,32+,34+,35+,36-,37+,38-,39-,40-,41-,43-,45+/m1/s1. The number of carbonyl (C=O) groups is 5. The van der Waals surface area contributed by atoms with E-state index in [0.29, 0.717) is 42.8 Å². The van der Waals surface area contributed by atoms with Crippen molar-refractivity contribution in [2.45, 2.75) is 224 Å². The Balaban J connectivity index is 1.53. The van der Waals surface area contributed by atoms with E-state index < -0.39 is 140 Å². The number of nitrogens with one attached hydrogen (secondary N) is 3. The van der Waals surface area contributed by atoms with Gasteiger partial charge in [0.2, 0.25) is 5.91 Å². The molecular formula is C52H79N5O18Si. The van der Waals surface area contributed by atoms with Crippen LogP contribution in [-0.4, -0.2) is 157 Å². The van der Waals surface area contributed by atoms with E-state index in [1.807, 2.05) is 34.6 Å². The van der Waals surface area contributed by atoms with Crippen LogP contribution in [0, 0.1) is 0 Å². The van der Waals surface area contributed by atoms with E-state index in [4.69, 9.17) is 51.8 Å². The number of alkyl carbamates (subject to hydrolysis) is 2. The Morgan fingerprint density at radius 1 is 0.829 bits per heavy atom. The zero-order chi connectivity index (χ0) is 56.1. The molecule has 0 aliphatic carbocycles. The molecule has 4 aliphatic heterocycles. The van der Waals surface area contributed by atoms with E-state index in [-0.39, 0.29) is 13.2 Å². The molecule has 76 heavy (non-hydrogen) atoms. The monoisotopic (exact) mass is 1090 g/mol. The number of likely N-dealkylation sites (N-methyl/N-ethyl adjacent to an activating group) is 1. The van der Waals surface area contributed by atoms with E-state index in [0.717, 1.165) is 15.5 Å². The van der Waals surface area contributed by atoms with Gasteiger partial charge < -0.3 is 72.1 Å². The van der Waals surface area contributed by atoms with Gasteiger partial charge in [0.15, 0.2) is 38.5 Å². The summed E-state index contributed by atoms with van der Waals surface area (Å²) >= 11 is 0. The molecule has 6 rings (SSSR count). The maximum atomic E-state index is 16.0. The molecule has 23 nitrogen and oxygen atoms in total. The number of esters is 1. The zero-order valence-electron chi connectivity index (χ0n) is 46.2. The van der Waals surface area contributed by atoms with Crippen molar-refractivity contribution in [2.24, 2.45) is 0 Å². The molecule has 0 radical (unpaired) electrons. The SMILES string of the molecule is CCC1(CC)O[C@H]2[C@H](O[C@H]([C@H]3O[C@@H](n4ccc(=O)[nH]c4=O)[C@@H]4OC(C)(C)O[C@H]34)[C@H](NC(=O)OCc3ccccc3)C(=O)N(C)[C@H](C(=O)OC(C)(C)C)[C@H](C=O)O[Si](CC)(CC)CC)O[C@H](CNC(=O)OC(C)(C)C)[C@H]2O1. The number of aromatic nitrogens is 2. The van der Waals surface area contributed by atoms with Gasteiger partial charge in [0.05, 0.1) is 0 Å². The largest absolute Gasteiger partial charge is 0.458 e. The predicted molar refractivity (Wildman–Crippen MR) is 274 cm³/mol. The van der Waals surface area contributed by atoms with Crippen LogP contribution < -0.4 is 21.9 Å². The van der Waals surface area contributed by atoms with Crippen LogP contribution in [0.4, 0.5) is 9.59 Å². The van der Waals surface area contributed by atoms with Gasteiger partial charge in [0.25, 0.3) is 5.56 Å². The van der Waals surface area contributed by atoms with E-state index in [2.05, 4.69) is 15.6 Å². The molecule has 3 N–H and O–H groups in total. The second-order valence-corrected chi connectivity index (χ2v) is 26.7. The molecule has 424 valence electrons. The summed E-state index contributed by atoms with van der Waals surface area (Å²) < 4.78 is 71.6. The Morgan fingerprint density at radius 2 is 1.45 bits per heavy atom.